The summed E-state index contributed by atoms with van der Waals surface area (Å²) in [6.45, 7) is 3.50. The SMILES string of the molecule is Cc1ccc(N(C)C(=O)C(F)(F)F)c(C)c1. The van der Waals surface area contributed by atoms with Crippen molar-refractivity contribution in [1.29, 1.82) is 0 Å². The molecule has 0 aliphatic carbocycles. The fourth-order valence-electron chi connectivity index (χ4n) is 1.48. The molecule has 0 heterocycles. The quantitative estimate of drug-likeness (QED) is 0.727. The Morgan fingerprint density at radius 1 is 1.25 bits per heavy atom. The van der Waals surface area contributed by atoms with Crippen molar-refractivity contribution in [1.82, 2.24) is 0 Å². The van der Waals surface area contributed by atoms with E-state index >= 15 is 0 Å². The van der Waals surface area contributed by atoms with Gasteiger partial charge in [0.05, 0.1) is 0 Å². The van der Waals surface area contributed by atoms with E-state index in [1.54, 1.807) is 19.1 Å². The number of anilines is 1. The maximum atomic E-state index is 12.2. The fraction of sp³-hybridized carbons (Fsp3) is 0.364. The van der Waals surface area contributed by atoms with Crippen molar-refractivity contribution in [2.24, 2.45) is 0 Å². The van der Waals surface area contributed by atoms with Crippen molar-refractivity contribution in [3.05, 3.63) is 29.3 Å². The molecule has 0 saturated heterocycles. The molecule has 1 aromatic rings. The maximum absolute atomic E-state index is 12.2. The van der Waals surface area contributed by atoms with Gasteiger partial charge in [-0.25, -0.2) is 0 Å². The molecule has 0 bridgehead atoms. The normalized spacial score (nSPS) is 11.4. The van der Waals surface area contributed by atoms with Crippen molar-refractivity contribution in [3.8, 4) is 0 Å². The number of hydrogen-bond donors (Lipinski definition) is 0. The molecule has 0 aliphatic rings. The molecule has 1 rings (SSSR count). The van der Waals surface area contributed by atoms with Crippen LogP contribution < -0.4 is 4.90 Å². The molecule has 5 heteroatoms. The van der Waals surface area contributed by atoms with Crippen LogP contribution in [0.2, 0.25) is 0 Å². The van der Waals surface area contributed by atoms with E-state index in [4.69, 9.17) is 0 Å². The minimum absolute atomic E-state index is 0.271. The highest BCUT2D eigenvalue weighted by molar-refractivity contribution is 5.97. The topological polar surface area (TPSA) is 20.3 Å². The summed E-state index contributed by atoms with van der Waals surface area (Å²) in [6, 6.07) is 4.91. The summed E-state index contributed by atoms with van der Waals surface area (Å²) in [4.78, 5) is 11.6. The third-order valence-electron chi connectivity index (χ3n) is 2.26. The summed E-state index contributed by atoms with van der Waals surface area (Å²) in [7, 11) is 1.12. The Morgan fingerprint density at radius 3 is 2.25 bits per heavy atom. The lowest BCUT2D eigenvalue weighted by atomic mass is 10.1. The molecule has 0 radical (unpaired) electrons. The third kappa shape index (κ3) is 2.53. The van der Waals surface area contributed by atoms with Crippen LogP contribution in [0.15, 0.2) is 18.2 Å². The summed E-state index contributed by atoms with van der Waals surface area (Å²) in [5.74, 6) is -1.86. The number of nitrogens with zero attached hydrogens (tertiary/aromatic N) is 1. The van der Waals surface area contributed by atoms with Gasteiger partial charge in [0.2, 0.25) is 0 Å². The number of rotatable bonds is 1. The van der Waals surface area contributed by atoms with Crippen LogP contribution in [0.4, 0.5) is 18.9 Å². The molecular formula is C11H12F3NO. The minimum Gasteiger partial charge on any atom is -0.307 e. The Bertz CT molecular complexity index is 412. The largest absolute Gasteiger partial charge is 0.471 e. The van der Waals surface area contributed by atoms with Crippen LogP contribution >= 0.6 is 0 Å². The number of carbonyl (C=O) groups is 1. The van der Waals surface area contributed by atoms with Gasteiger partial charge in [0.15, 0.2) is 0 Å². The van der Waals surface area contributed by atoms with Crippen LogP contribution in [-0.4, -0.2) is 19.1 Å². The van der Waals surface area contributed by atoms with E-state index in [0.717, 1.165) is 12.6 Å². The Hall–Kier alpha value is -1.52. The average Bonchev–Trinajstić information content (AvgIpc) is 2.14. The Balaban J connectivity index is 3.06. The molecule has 0 aromatic heterocycles. The first-order valence-electron chi connectivity index (χ1n) is 4.65. The van der Waals surface area contributed by atoms with Crippen LogP contribution in [0.1, 0.15) is 11.1 Å². The first kappa shape index (κ1) is 12.5. The summed E-state index contributed by atoms with van der Waals surface area (Å²) in [5, 5.41) is 0. The lowest BCUT2D eigenvalue weighted by Gasteiger charge is -2.20. The van der Waals surface area contributed by atoms with E-state index < -0.39 is 12.1 Å². The van der Waals surface area contributed by atoms with E-state index in [9.17, 15) is 18.0 Å². The predicted molar refractivity (Wildman–Crippen MR) is 55.4 cm³/mol. The Morgan fingerprint density at radius 2 is 1.81 bits per heavy atom. The van der Waals surface area contributed by atoms with Gasteiger partial charge in [0, 0.05) is 12.7 Å². The van der Waals surface area contributed by atoms with Crippen LogP contribution in [0, 0.1) is 13.8 Å². The smallest absolute Gasteiger partial charge is 0.307 e. The van der Waals surface area contributed by atoms with Crippen molar-refractivity contribution in [3.63, 3.8) is 0 Å². The van der Waals surface area contributed by atoms with Crippen molar-refractivity contribution < 1.29 is 18.0 Å². The number of hydrogen-bond acceptors (Lipinski definition) is 1. The lowest BCUT2D eigenvalue weighted by molar-refractivity contribution is -0.170. The fourth-order valence-corrected chi connectivity index (χ4v) is 1.48. The average molecular weight is 231 g/mol. The van der Waals surface area contributed by atoms with Gasteiger partial charge in [-0.3, -0.25) is 4.79 Å². The van der Waals surface area contributed by atoms with Gasteiger partial charge in [-0.2, -0.15) is 13.2 Å². The van der Waals surface area contributed by atoms with Gasteiger partial charge < -0.3 is 4.90 Å². The third-order valence-corrected chi connectivity index (χ3v) is 2.26. The van der Waals surface area contributed by atoms with E-state index in [2.05, 4.69) is 0 Å². The Labute approximate surface area is 91.7 Å². The van der Waals surface area contributed by atoms with Crippen LogP contribution in [0.25, 0.3) is 0 Å². The molecule has 0 spiro atoms. The van der Waals surface area contributed by atoms with Crippen LogP contribution in [-0.2, 0) is 4.79 Å². The Kier molecular flexibility index (Phi) is 3.26. The van der Waals surface area contributed by atoms with Gasteiger partial charge in [-0.05, 0) is 25.5 Å². The van der Waals surface area contributed by atoms with Crippen LogP contribution in [0.3, 0.4) is 0 Å². The van der Waals surface area contributed by atoms with Crippen LogP contribution in [0.5, 0.6) is 0 Å². The number of halogens is 3. The molecule has 88 valence electrons. The summed E-state index contributed by atoms with van der Waals surface area (Å²) >= 11 is 0. The molecule has 0 unspecified atom stereocenters. The molecular weight excluding hydrogens is 219 g/mol. The number of amides is 1. The lowest BCUT2D eigenvalue weighted by Crippen LogP contribution is -2.38. The van der Waals surface area contributed by atoms with Gasteiger partial charge >= 0.3 is 12.1 Å². The highest BCUT2D eigenvalue weighted by Gasteiger charge is 2.41. The molecule has 1 amide bonds. The van der Waals surface area contributed by atoms with Gasteiger partial charge in [0.25, 0.3) is 0 Å². The molecule has 2 nitrogen and oxygen atoms in total. The van der Waals surface area contributed by atoms with Crippen molar-refractivity contribution in [2.45, 2.75) is 20.0 Å². The number of carbonyl (C=O) groups excluding carboxylic acids is 1. The molecule has 0 aliphatic heterocycles. The summed E-state index contributed by atoms with van der Waals surface area (Å²) < 4.78 is 36.6. The molecule has 16 heavy (non-hydrogen) atoms. The second-order valence-electron chi connectivity index (χ2n) is 3.65. The zero-order valence-electron chi connectivity index (χ0n) is 9.22. The second kappa shape index (κ2) is 4.15. The highest BCUT2D eigenvalue weighted by atomic mass is 19.4. The molecule has 0 saturated carbocycles. The maximum Gasteiger partial charge on any atom is 0.471 e. The van der Waals surface area contributed by atoms with E-state index in [1.807, 2.05) is 6.92 Å². The van der Waals surface area contributed by atoms with Gasteiger partial charge in [0.1, 0.15) is 0 Å². The molecule has 0 atom stereocenters. The minimum atomic E-state index is -4.84. The van der Waals surface area contributed by atoms with Gasteiger partial charge in [-0.15, -0.1) is 0 Å². The zero-order valence-corrected chi connectivity index (χ0v) is 9.22. The number of benzene rings is 1. The first-order valence-corrected chi connectivity index (χ1v) is 4.65. The predicted octanol–water partition coefficient (Wildman–Crippen LogP) is 2.83. The van der Waals surface area contributed by atoms with Crippen molar-refractivity contribution in [2.75, 3.05) is 11.9 Å². The van der Waals surface area contributed by atoms with Gasteiger partial charge in [-0.1, -0.05) is 17.7 Å². The monoisotopic (exact) mass is 231 g/mol. The standard InChI is InChI=1S/C11H12F3NO/c1-7-4-5-9(8(2)6-7)15(3)10(16)11(12,13)14/h4-6H,1-3H3. The number of alkyl halides is 3. The summed E-state index contributed by atoms with van der Waals surface area (Å²) in [5.41, 5.74) is 1.85. The molecule has 0 fully saturated rings. The van der Waals surface area contributed by atoms with E-state index in [0.29, 0.717) is 10.5 Å². The molecule has 0 N–H and O–H groups in total. The van der Waals surface area contributed by atoms with Crippen molar-refractivity contribution >= 4 is 11.6 Å². The van der Waals surface area contributed by atoms with E-state index in [-0.39, 0.29) is 5.69 Å². The second-order valence-corrected chi connectivity index (χ2v) is 3.65. The van der Waals surface area contributed by atoms with E-state index in [1.165, 1.54) is 6.07 Å². The summed E-state index contributed by atoms with van der Waals surface area (Å²) in [6.07, 6.45) is -4.84. The number of aryl methyl sites for hydroxylation is 2. The zero-order chi connectivity index (χ0) is 12.5. The molecule has 1 aromatic carbocycles. The highest BCUT2D eigenvalue weighted by Crippen LogP contribution is 2.25. The first-order chi connectivity index (χ1) is 7.23.